The molecule has 0 aromatic carbocycles. The second-order valence-corrected chi connectivity index (χ2v) is 5.31. The number of likely N-dealkylation sites (tertiary alicyclic amines) is 1. The van der Waals surface area contributed by atoms with Gasteiger partial charge in [-0.15, -0.1) is 0 Å². The Kier molecular flexibility index (Phi) is 3.64. The molecule has 1 spiro atoms. The van der Waals surface area contributed by atoms with Gasteiger partial charge in [0.05, 0.1) is 6.07 Å². The number of piperidine rings is 1. The van der Waals surface area contributed by atoms with Gasteiger partial charge in [-0.25, -0.2) is 0 Å². The van der Waals surface area contributed by atoms with Crippen LogP contribution in [-0.4, -0.2) is 24.5 Å². The van der Waals surface area contributed by atoms with E-state index in [1.807, 2.05) is 0 Å². The van der Waals surface area contributed by atoms with Crippen LogP contribution in [0.4, 0.5) is 0 Å². The van der Waals surface area contributed by atoms with Crippen LogP contribution >= 0.6 is 0 Å². The fourth-order valence-corrected chi connectivity index (χ4v) is 3.26. The highest BCUT2D eigenvalue weighted by Crippen LogP contribution is 2.45. The Labute approximate surface area is 93.3 Å². The Bertz CT molecular complexity index is 225. The van der Waals surface area contributed by atoms with Crippen molar-refractivity contribution in [3.63, 3.8) is 0 Å². The Balaban J connectivity index is 1.70. The summed E-state index contributed by atoms with van der Waals surface area (Å²) in [5.74, 6) is 0. The van der Waals surface area contributed by atoms with Crippen LogP contribution in [0, 0.1) is 16.7 Å². The van der Waals surface area contributed by atoms with Crippen molar-refractivity contribution in [3.8, 4) is 6.07 Å². The molecular weight excluding hydrogens is 184 g/mol. The number of rotatable bonds is 3. The molecule has 0 aromatic heterocycles. The summed E-state index contributed by atoms with van der Waals surface area (Å²) < 4.78 is 0. The van der Waals surface area contributed by atoms with Crippen LogP contribution < -0.4 is 0 Å². The van der Waals surface area contributed by atoms with E-state index < -0.39 is 0 Å². The van der Waals surface area contributed by atoms with Crippen molar-refractivity contribution in [1.29, 1.82) is 5.26 Å². The molecule has 2 heteroatoms. The predicted molar refractivity (Wildman–Crippen MR) is 61.4 cm³/mol. The van der Waals surface area contributed by atoms with Crippen LogP contribution in [0.15, 0.2) is 0 Å². The molecule has 1 aliphatic heterocycles. The average molecular weight is 206 g/mol. The molecule has 2 aliphatic rings. The first-order valence-corrected chi connectivity index (χ1v) is 6.44. The van der Waals surface area contributed by atoms with Gasteiger partial charge < -0.3 is 4.90 Å². The Morgan fingerprint density at radius 3 is 2.33 bits per heavy atom. The molecule has 15 heavy (non-hydrogen) atoms. The fraction of sp³-hybridized carbons (Fsp3) is 0.923. The summed E-state index contributed by atoms with van der Waals surface area (Å²) in [6, 6.07) is 2.23. The van der Waals surface area contributed by atoms with Crippen molar-refractivity contribution >= 4 is 0 Å². The van der Waals surface area contributed by atoms with Crippen LogP contribution in [-0.2, 0) is 0 Å². The van der Waals surface area contributed by atoms with E-state index in [0.29, 0.717) is 0 Å². The number of nitrogens with zero attached hydrogens (tertiary/aromatic N) is 2. The van der Waals surface area contributed by atoms with Gasteiger partial charge in [-0.2, -0.15) is 5.26 Å². The summed E-state index contributed by atoms with van der Waals surface area (Å²) in [5, 5.41) is 8.49. The molecule has 0 N–H and O–H groups in total. The maximum atomic E-state index is 8.49. The summed E-state index contributed by atoms with van der Waals surface area (Å²) in [5.41, 5.74) is 0.742. The van der Waals surface area contributed by atoms with Gasteiger partial charge in [-0.05, 0) is 57.2 Å². The van der Waals surface area contributed by atoms with E-state index in [-0.39, 0.29) is 0 Å². The van der Waals surface area contributed by atoms with Crippen LogP contribution in [0.1, 0.15) is 51.4 Å². The highest BCUT2D eigenvalue weighted by molar-refractivity contribution is 4.89. The molecule has 2 rings (SSSR count). The second-order valence-electron chi connectivity index (χ2n) is 5.31. The third kappa shape index (κ3) is 2.72. The van der Waals surface area contributed by atoms with E-state index in [4.69, 9.17) is 5.26 Å². The monoisotopic (exact) mass is 206 g/mol. The number of hydrogen-bond acceptors (Lipinski definition) is 2. The van der Waals surface area contributed by atoms with Crippen molar-refractivity contribution in [2.24, 2.45) is 5.41 Å². The number of hydrogen-bond donors (Lipinski definition) is 0. The standard InChI is InChI=1S/C13H22N2/c14-9-3-4-10-15-11-7-13(8-12-15)5-1-2-6-13/h1-8,10-12H2. The van der Waals surface area contributed by atoms with Gasteiger partial charge in [-0.1, -0.05) is 12.8 Å². The molecule has 0 amide bonds. The van der Waals surface area contributed by atoms with Crippen LogP contribution in [0.5, 0.6) is 0 Å². The largest absolute Gasteiger partial charge is 0.303 e. The quantitative estimate of drug-likeness (QED) is 0.664. The molecule has 0 radical (unpaired) electrons. The minimum absolute atomic E-state index is 0.724. The highest BCUT2D eigenvalue weighted by Gasteiger charge is 2.36. The zero-order chi connectivity index (χ0) is 10.6. The normalized spacial score (nSPS) is 25.5. The zero-order valence-electron chi connectivity index (χ0n) is 9.67. The SMILES string of the molecule is N#CCCCN1CCC2(CCCC2)CC1. The molecule has 1 saturated heterocycles. The van der Waals surface area contributed by atoms with Crippen molar-refractivity contribution in [2.75, 3.05) is 19.6 Å². The lowest BCUT2D eigenvalue weighted by atomic mass is 9.77. The van der Waals surface area contributed by atoms with Crippen molar-refractivity contribution in [1.82, 2.24) is 4.90 Å². The van der Waals surface area contributed by atoms with Gasteiger partial charge in [0.1, 0.15) is 0 Å². The fourth-order valence-electron chi connectivity index (χ4n) is 3.26. The van der Waals surface area contributed by atoms with E-state index in [9.17, 15) is 0 Å². The van der Waals surface area contributed by atoms with Gasteiger partial charge in [0.15, 0.2) is 0 Å². The lowest BCUT2D eigenvalue weighted by Gasteiger charge is -2.39. The maximum Gasteiger partial charge on any atom is 0.0622 e. The van der Waals surface area contributed by atoms with E-state index in [1.165, 1.54) is 51.6 Å². The minimum Gasteiger partial charge on any atom is -0.303 e. The molecule has 1 heterocycles. The molecule has 84 valence electrons. The Morgan fingerprint density at radius 1 is 1.07 bits per heavy atom. The minimum atomic E-state index is 0.724. The molecule has 0 atom stereocenters. The van der Waals surface area contributed by atoms with Crippen molar-refractivity contribution in [2.45, 2.75) is 51.4 Å². The van der Waals surface area contributed by atoms with Crippen LogP contribution in [0.25, 0.3) is 0 Å². The molecule has 2 fully saturated rings. The second kappa shape index (κ2) is 4.99. The van der Waals surface area contributed by atoms with E-state index in [0.717, 1.165) is 24.8 Å². The van der Waals surface area contributed by atoms with Crippen molar-refractivity contribution < 1.29 is 0 Å². The van der Waals surface area contributed by atoms with E-state index in [1.54, 1.807) is 0 Å². The van der Waals surface area contributed by atoms with E-state index in [2.05, 4.69) is 11.0 Å². The van der Waals surface area contributed by atoms with Gasteiger partial charge in [-0.3, -0.25) is 0 Å². The molecule has 1 saturated carbocycles. The number of unbranched alkanes of at least 4 members (excludes halogenated alkanes) is 1. The molecule has 0 bridgehead atoms. The third-order valence-corrected chi connectivity index (χ3v) is 4.34. The third-order valence-electron chi connectivity index (χ3n) is 4.34. The molecule has 2 nitrogen and oxygen atoms in total. The van der Waals surface area contributed by atoms with Gasteiger partial charge in [0, 0.05) is 6.42 Å². The van der Waals surface area contributed by atoms with Gasteiger partial charge >= 0.3 is 0 Å². The summed E-state index contributed by atoms with van der Waals surface area (Å²) in [4.78, 5) is 2.56. The molecular formula is C13H22N2. The molecule has 1 aliphatic carbocycles. The maximum absolute atomic E-state index is 8.49. The van der Waals surface area contributed by atoms with Crippen molar-refractivity contribution in [3.05, 3.63) is 0 Å². The van der Waals surface area contributed by atoms with E-state index >= 15 is 0 Å². The lowest BCUT2D eigenvalue weighted by molar-refractivity contribution is 0.108. The van der Waals surface area contributed by atoms with Crippen LogP contribution in [0.3, 0.4) is 0 Å². The number of nitriles is 1. The topological polar surface area (TPSA) is 27.0 Å². The Morgan fingerprint density at radius 2 is 1.73 bits per heavy atom. The first kappa shape index (κ1) is 11.0. The molecule has 0 unspecified atom stereocenters. The summed E-state index contributed by atoms with van der Waals surface area (Å²) in [6.07, 6.45) is 10.5. The lowest BCUT2D eigenvalue weighted by Crippen LogP contribution is -2.39. The summed E-state index contributed by atoms with van der Waals surface area (Å²) in [7, 11) is 0. The van der Waals surface area contributed by atoms with Gasteiger partial charge in [0.25, 0.3) is 0 Å². The molecule has 0 aromatic rings. The van der Waals surface area contributed by atoms with Gasteiger partial charge in [0.2, 0.25) is 0 Å². The predicted octanol–water partition coefficient (Wildman–Crippen LogP) is 2.95. The average Bonchev–Trinajstić information content (AvgIpc) is 2.71. The summed E-state index contributed by atoms with van der Waals surface area (Å²) in [6.45, 7) is 3.71. The Hall–Kier alpha value is -0.550. The smallest absolute Gasteiger partial charge is 0.0622 e. The summed E-state index contributed by atoms with van der Waals surface area (Å²) >= 11 is 0. The first-order valence-electron chi connectivity index (χ1n) is 6.44. The highest BCUT2D eigenvalue weighted by atomic mass is 15.1. The first-order chi connectivity index (χ1) is 7.35. The van der Waals surface area contributed by atoms with Crippen LogP contribution in [0.2, 0.25) is 0 Å². The zero-order valence-corrected chi connectivity index (χ0v) is 9.67.